The van der Waals surface area contributed by atoms with Crippen molar-refractivity contribution in [3.63, 3.8) is 0 Å². The molecule has 3 aliphatic rings. The van der Waals surface area contributed by atoms with E-state index in [1.165, 1.54) is 0 Å². The van der Waals surface area contributed by atoms with Gasteiger partial charge in [0, 0.05) is 29.5 Å². The number of benzene rings is 1. The van der Waals surface area contributed by atoms with Crippen LogP contribution in [0.25, 0.3) is 0 Å². The average molecular weight is 305 g/mol. The fourth-order valence-electron chi connectivity index (χ4n) is 3.92. The lowest BCUT2D eigenvalue weighted by atomic mass is 9.73. The molecule has 0 aliphatic carbocycles. The molecular formula is C16H19NO3S. The Morgan fingerprint density at radius 2 is 2.24 bits per heavy atom. The number of nitrogens with one attached hydrogen (secondary N) is 1. The van der Waals surface area contributed by atoms with Crippen LogP contribution in [-0.4, -0.2) is 34.7 Å². The van der Waals surface area contributed by atoms with Crippen molar-refractivity contribution in [1.29, 1.82) is 0 Å². The molecule has 3 aliphatic heterocycles. The van der Waals surface area contributed by atoms with Crippen molar-refractivity contribution in [2.75, 3.05) is 23.4 Å². The van der Waals surface area contributed by atoms with Crippen LogP contribution in [0.2, 0.25) is 0 Å². The Bertz CT molecular complexity index is 585. The molecule has 21 heavy (non-hydrogen) atoms. The molecule has 1 amide bonds. The molecule has 2 N–H and O–H groups in total. The van der Waals surface area contributed by atoms with E-state index >= 15 is 0 Å². The van der Waals surface area contributed by atoms with Gasteiger partial charge in [0.1, 0.15) is 0 Å². The molecule has 112 valence electrons. The summed E-state index contributed by atoms with van der Waals surface area (Å²) in [7, 11) is 0. The number of carbonyl (C=O) groups excluding carboxylic acids is 1. The maximum atomic E-state index is 12.4. The highest BCUT2D eigenvalue weighted by Gasteiger charge is 2.55. The van der Waals surface area contributed by atoms with E-state index in [-0.39, 0.29) is 17.4 Å². The topological polar surface area (TPSA) is 58.6 Å². The number of ether oxygens (including phenoxy) is 1. The minimum absolute atomic E-state index is 0.0754. The van der Waals surface area contributed by atoms with Crippen molar-refractivity contribution >= 4 is 23.4 Å². The molecule has 0 saturated carbocycles. The van der Waals surface area contributed by atoms with Crippen LogP contribution in [0.4, 0.5) is 5.69 Å². The predicted octanol–water partition coefficient (Wildman–Crippen LogP) is 2.13. The van der Waals surface area contributed by atoms with E-state index in [2.05, 4.69) is 5.32 Å². The summed E-state index contributed by atoms with van der Waals surface area (Å²) in [6.45, 7) is 0.628. The van der Waals surface area contributed by atoms with E-state index in [1.54, 1.807) is 0 Å². The first-order chi connectivity index (χ1) is 10.1. The highest BCUT2D eigenvalue weighted by Crippen LogP contribution is 2.49. The Kier molecular flexibility index (Phi) is 3.07. The summed E-state index contributed by atoms with van der Waals surface area (Å²) in [6.07, 6.45) is 2.51. The highest BCUT2D eigenvalue weighted by molar-refractivity contribution is 7.99. The molecule has 4 rings (SSSR count). The first-order valence-electron chi connectivity index (χ1n) is 7.49. The highest BCUT2D eigenvalue weighted by atomic mass is 32.2. The van der Waals surface area contributed by atoms with E-state index in [0.29, 0.717) is 6.61 Å². The van der Waals surface area contributed by atoms with Crippen LogP contribution in [0.1, 0.15) is 24.8 Å². The zero-order valence-electron chi connectivity index (χ0n) is 11.8. The van der Waals surface area contributed by atoms with Crippen LogP contribution in [0.5, 0.6) is 0 Å². The van der Waals surface area contributed by atoms with E-state index in [0.717, 1.165) is 42.0 Å². The summed E-state index contributed by atoms with van der Waals surface area (Å²) in [5.41, 5.74) is -0.0732. The van der Waals surface area contributed by atoms with Gasteiger partial charge in [-0.15, -0.1) is 0 Å². The summed E-state index contributed by atoms with van der Waals surface area (Å²) in [4.78, 5) is 12.4. The van der Waals surface area contributed by atoms with Gasteiger partial charge in [-0.25, -0.2) is 0 Å². The Morgan fingerprint density at radius 1 is 1.38 bits per heavy atom. The number of amides is 1. The Hall–Kier alpha value is -1.04. The smallest absolute Gasteiger partial charge is 0.261 e. The molecule has 0 radical (unpaired) electrons. The van der Waals surface area contributed by atoms with Crippen molar-refractivity contribution in [2.24, 2.45) is 5.92 Å². The quantitative estimate of drug-likeness (QED) is 0.834. The third-order valence-corrected chi connectivity index (χ3v) is 6.31. The molecule has 0 bridgehead atoms. The van der Waals surface area contributed by atoms with E-state index < -0.39 is 5.60 Å². The van der Waals surface area contributed by atoms with Crippen LogP contribution in [0.15, 0.2) is 24.3 Å². The van der Waals surface area contributed by atoms with Gasteiger partial charge in [-0.05, 0) is 31.1 Å². The number of thioether (sulfide) groups is 1. The lowest BCUT2D eigenvalue weighted by Crippen LogP contribution is -2.50. The summed E-state index contributed by atoms with van der Waals surface area (Å²) < 4.78 is 6.02. The standard InChI is InChI=1S/C16H19NO3S/c18-14-16(19,12-3-1-2-4-13(12)17-14)11-5-7-20-15(9-11)6-8-21-10-15/h1-4,11,19H,5-10H2,(H,17,18). The molecular weight excluding hydrogens is 286 g/mol. The summed E-state index contributed by atoms with van der Waals surface area (Å²) >= 11 is 1.90. The van der Waals surface area contributed by atoms with Gasteiger partial charge in [-0.1, -0.05) is 18.2 Å². The largest absolute Gasteiger partial charge is 0.375 e. The lowest BCUT2D eigenvalue weighted by molar-refractivity contribution is -0.157. The summed E-state index contributed by atoms with van der Waals surface area (Å²) in [5.74, 6) is 1.72. The Balaban J connectivity index is 1.70. The average Bonchev–Trinajstić information content (AvgIpc) is 3.04. The molecule has 3 atom stereocenters. The summed E-state index contributed by atoms with van der Waals surface area (Å²) in [6, 6.07) is 7.47. The number of aliphatic hydroxyl groups is 1. The van der Waals surface area contributed by atoms with E-state index in [4.69, 9.17) is 4.74 Å². The third-order valence-electron chi connectivity index (χ3n) is 5.08. The van der Waals surface area contributed by atoms with Crippen molar-refractivity contribution in [1.82, 2.24) is 0 Å². The molecule has 5 heteroatoms. The molecule has 1 spiro atoms. The molecule has 0 aromatic heterocycles. The number of hydrogen-bond donors (Lipinski definition) is 2. The van der Waals surface area contributed by atoms with E-state index in [9.17, 15) is 9.90 Å². The van der Waals surface area contributed by atoms with Crippen molar-refractivity contribution < 1.29 is 14.6 Å². The second kappa shape index (κ2) is 4.73. The van der Waals surface area contributed by atoms with Gasteiger partial charge in [0.15, 0.2) is 5.60 Å². The van der Waals surface area contributed by atoms with Crippen LogP contribution in [0.3, 0.4) is 0 Å². The normalized spacial score (nSPS) is 38.5. The molecule has 2 saturated heterocycles. The molecule has 1 aromatic rings. The maximum absolute atomic E-state index is 12.4. The molecule has 3 heterocycles. The fraction of sp³-hybridized carbons (Fsp3) is 0.562. The minimum Gasteiger partial charge on any atom is -0.375 e. The zero-order chi connectivity index (χ0) is 14.5. The van der Waals surface area contributed by atoms with Gasteiger partial charge in [-0.2, -0.15) is 11.8 Å². The van der Waals surface area contributed by atoms with Gasteiger partial charge in [-0.3, -0.25) is 4.79 Å². The Morgan fingerprint density at radius 3 is 3.05 bits per heavy atom. The number of para-hydroxylation sites is 1. The fourth-order valence-corrected chi connectivity index (χ4v) is 5.30. The van der Waals surface area contributed by atoms with Gasteiger partial charge in [0.25, 0.3) is 5.91 Å². The number of carbonyl (C=O) groups is 1. The molecule has 4 nitrogen and oxygen atoms in total. The van der Waals surface area contributed by atoms with Crippen LogP contribution in [0, 0.1) is 5.92 Å². The van der Waals surface area contributed by atoms with Crippen molar-refractivity contribution in [3.05, 3.63) is 29.8 Å². The summed E-state index contributed by atoms with van der Waals surface area (Å²) in [5, 5.41) is 14.0. The van der Waals surface area contributed by atoms with Gasteiger partial charge < -0.3 is 15.2 Å². The second-order valence-corrected chi connectivity index (χ2v) is 7.40. The second-order valence-electron chi connectivity index (χ2n) is 6.29. The van der Waals surface area contributed by atoms with Crippen LogP contribution >= 0.6 is 11.8 Å². The number of fused-ring (bicyclic) bond motifs is 1. The van der Waals surface area contributed by atoms with Crippen molar-refractivity contribution in [3.8, 4) is 0 Å². The minimum atomic E-state index is -1.40. The first kappa shape index (κ1) is 13.6. The van der Waals surface area contributed by atoms with Gasteiger partial charge in [0.2, 0.25) is 0 Å². The van der Waals surface area contributed by atoms with E-state index in [1.807, 2.05) is 36.0 Å². The molecule has 1 aromatic carbocycles. The lowest BCUT2D eigenvalue weighted by Gasteiger charge is -2.42. The number of anilines is 1. The zero-order valence-corrected chi connectivity index (χ0v) is 12.6. The SMILES string of the molecule is O=C1Nc2ccccc2C1(O)C1CCOC2(CCSC2)C1. The maximum Gasteiger partial charge on any atom is 0.261 e. The Labute approximate surface area is 128 Å². The third kappa shape index (κ3) is 1.94. The number of rotatable bonds is 1. The monoisotopic (exact) mass is 305 g/mol. The van der Waals surface area contributed by atoms with Crippen LogP contribution < -0.4 is 5.32 Å². The van der Waals surface area contributed by atoms with Gasteiger partial charge >= 0.3 is 0 Å². The molecule has 2 fully saturated rings. The first-order valence-corrected chi connectivity index (χ1v) is 8.65. The predicted molar refractivity (Wildman–Crippen MR) is 82.3 cm³/mol. The number of hydrogen-bond acceptors (Lipinski definition) is 4. The van der Waals surface area contributed by atoms with Crippen LogP contribution in [-0.2, 0) is 15.1 Å². The van der Waals surface area contributed by atoms with Crippen molar-refractivity contribution in [2.45, 2.75) is 30.5 Å². The molecule has 3 unspecified atom stereocenters. The van der Waals surface area contributed by atoms with Gasteiger partial charge in [0.05, 0.1) is 5.60 Å².